The van der Waals surface area contributed by atoms with Gasteiger partial charge in [0.15, 0.2) is 11.5 Å². The molecule has 27 heavy (non-hydrogen) atoms. The van der Waals surface area contributed by atoms with E-state index in [-0.39, 0.29) is 23.2 Å². The van der Waals surface area contributed by atoms with Crippen molar-refractivity contribution in [1.29, 1.82) is 0 Å². The summed E-state index contributed by atoms with van der Waals surface area (Å²) in [6.07, 6.45) is 0. The summed E-state index contributed by atoms with van der Waals surface area (Å²) in [5.41, 5.74) is 1.40. The Morgan fingerprint density at radius 1 is 1.15 bits per heavy atom. The molecule has 1 amide bonds. The number of carbonyl (C=O) groups is 1. The maximum Gasteiger partial charge on any atom is 0.273 e. The van der Waals surface area contributed by atoms with E-state index in [9.17, 15) is 14.9 Å². The second-order valence-electron chi connectivity index (χ2n) is 5.97. The number of nitro benzene ring substituents is 1. The Balaban J connectivity index is 2.23. The third-order valence-corrected chi connectivity index (χ3v) is 4.16. The van der Waals surface area contributed by atoms with Gasteiger partial charge in [-0.25, -0.2) is 0 Å². The van der Waals surface area contributed by atoms with Gasteiger partial charge in [-0.2, -0.15) is 0 Å². The van der Waals surface area contributed by atoms with Crippen molar-refractivity contribution in [1.82, 2.24) is 5.32 Å². The Morgan fingerprint density at radius 2 is 1.81 bits per heavy atom. The Morgan fingerprint density at radius 3 is 2.44 bits per heavy atom. The first-order valence-electron chi connectivity index (χ1n) is 8.83. The minimum Gasteiger partial charge on any atom is -0.490 e. The Labute approximate surface area is 158 Å². The van der Waals surface area contributed by atoms with E-state index in [2.05, 4.69) is 5.32 Å². The molecule has 0 fully saturated rings. The molecule has 0 spiro atoms. The number of nitro groups is 1. The van der Waals surface area contributed by atoms with Gasteiger partial charge in [0.1, 0.15) is 0 Å². The average Bonchev–Trinajstić information content (AvgIpc) is 2.63. The SMILES string of the molecule is CCOc1ccc([C@@H](C)NC(=O)c2cccc([N+](=O)[O-])c2C)cc1OCC. The Kier molecular flexibility index (Phi) is 6.76. The summed E-state index contributed by atoms with van der Waals surface area (Å²) in [6.45, 7) is 8.22. The quantitative estimate of drug-likeness (QED) is 0.554. The van der Waals surface area contributed by atoms with Crippen LogP contribution in [-0.4, -0.2) is 24.0 Å². The van der Waals surface area contributed by atoms with Crippen LogP contribution in [0.1, 0.15) is 48.3 Å². The molecule has 0 aliphatic rings. The van der Waals surface area contributed by atoms with E-state index in [1.807, 2.05) is 39.0 Å². The van der Waals surface area contributed by atoms with Gasteiger partial charge in [0.05, 0.1) is 24.2 Å². The first-order chi connectivity index (χ1) is 12.9. The molecule has 2 rings (SSSR count). The molecular formula is C20H24N2O5. The number of hydrogen-bond donors (Lipinski definition) is 1. The monoisotopic (exact) mass is 372 g/mol. The van der Waals surface area contributed by atoms with Crippen molar-refractivity contribution >= 4 is 11.6 Å². The number of rotatable bonds is 8. The minimum absolute atomic E-state index is 0.0741. The molecule has 144 valence electrons. The third kappa shape index (κ3) is 4.75. The maximum atomic E-state index is 12.6. The van der Waals surface area contributed by atoms with Crippen molar-refractivity contribution in [3.63, 3.8) is 0 Å². The predicted octanol–water partition coefficient (Wildman–Crippen LogP) is 4.19. The van der Waals surface area contributed by atoms with Gasteiger partial charge in [-0.1, -0.05) is 12.1 Å². The van der Waals surface area contributed by atoms with Gasteiger partial charge in [0, 0.05) is 17.2 Å². The highest BCUT2D eigenvalue weighted by atomic mass is 16.6. The molecular weight excluding hydrogens is 348 g/mol. The van der Waals surface area contributed by atoms with E-state index in [1.165, 1.54) is 12.1 Å². The predicted molar refractivity (Wildman–Crippen MR) is 102 cm³/mol. The second-order valence-corrected chi connectivity index (χ2v) is 5.97. The molecule has 0 saturated carbocycles. The maximum absolute atomic E-state index is 12.6. The molecule has 2 aromatic rings. The van der Waals surface area contributed by atoms with E-state index in [0.717, 1.165) is 5.56 Å². The van der Waals surface area contributed by atoms with E-state index in [4.69, 9.17) is 9.47 Å². The van der Waals surface area contributed by atoms with Crippen LogP contribution in [0.2, 0.25) is 0 Å². The van der Waals surface area contributed by atoms with Gasteiger partial charge in [-0.05, 0) is 51.5 Å². The van der Waals surface area contributed by atoms with Gasteiger partial charge < -0.3 is 14.8 Å². The van der Waals surface area contributed by atoms with Crippen LogP contribution in [0.4, 0.5) is 5.69 Å². The van der Waals surface area contributed by atoms with Crippen molar-refractivity contribution in [3.05, 3.63) is 63.2 Å². The fourth-order valence-corrected chi connectivity index (χ4v) is 2.76. The smallest absolute Gasteiger partial charge is 0.273 e. The summed E-state index contributed by atoms with van der Waals surface area (Å²) < 4.78 is 11.2. The lowest BCUT2D eigenvalue weighted by Crippen LogP contribution is -2.27. The Bertz CT molecular complexity index is 835. The summed E-state index contributed by atoms with van der Waals surface area (Å²) in [7, 11) is 0. The number of hydrogen-bond acceptors (Lipinski definition) is 5. The lowest BCUT2D eigenvalue weighted by atomic mass is 10.0. The highest BCUT2D eigenvalue weighted by Crippen LogP contribution is 2.31. The molecule has 2 aromatic carbocycles. The van der Waals surface area contributed by atoms with Crippen molar-refractivity contribution in [3.8, 4) is 11.5 Å². The van der Waals surface area contributed by atoms with Crippen LogP contribution in [0, 0.1) is 17.0 Å². The molecule has 0 saturated heterocycles. The number of ether oxygens (including phenoxy) is 2. The van der Waals surface area contributed by atoms with Crippen LogP contribution in [0.25, 0.3) is 0 Å². The summed E-state index contributed by atoms with van der Waals surface area (Å²) in [6, 6.07) is 9.66. The molecule has 0 aliphatic carbocycles. The highest BCUT2D eigenvalue weighted by Gasteiger charge is 2.20. The molecule has 7 heteroatoms. The van der Waals surface area contributed by atoms with E-state index in [1.54, 1.807) is 13.0 Å². The number of nitrogens with one attached hydrogen (secondary N) is 1. The number of nitrogens with zero attached hydrogens (tertiary/aromatic N) is 1. The van der Waals surface area contributed by atoms with E-state index in [0.29, 0.717) is 30.3 Å². The van der Waals surface area contributed by atoms with Crippen LogP contribution in [-0.2, 0) is 0 Å². The Hall–Kier alpha value is -3.09. The number of amides is 1. The second kappa shape index (κ2) is 9.02. The van der Waals surface area contributed by atoms with Crippen molar-refractivity contribution in [2.75, 3.05) is 13.2 Å². The molecule has 1 atom stereocenters. The number of benzene rings is 2. The fraction of sp³-hybridized carbons (Fsp3) is 0.350. The minimum atomic E-state index is -0.490. The van der Waals surface area contributed by atoms with Crippen molar-refractivity contribution < 1.29 is 19.2 Å². The largest absolute Gasteiger partial charge is 0.490 e. The zero-order chi connectivity index (χ0) is 20.0. The highest BCUT2D eigenvalue weighted by molar-refractivity contribution is 5.96. The van der Waals surface area contributed by atoms with Crippen LogP contribution in [0.5, 0.6) is 11.5 Å². The van der Waals surface area contributed by atoms with Crippen LogP contribution >= 0.6 is 0 Å². The van der Waals surface area contributed by atoms with Gasteiger partial charge in [-0.15, -0.1) is 0 Å². The average molecular weight is 372 g/mol. The first kappa shape index (κ1) is 20.2. The molecule has 0 radical (unpaired) electrons. The standard InChI is InChI=1S/C20H24N2O5/c1-5-26-18-11-10-15(12-19(18)27-6-2)14(4)21-20(23)16-8-7-9-17(13(16)3)22(24)25/h7-12,14H,5-6H2,1-4H3,(H,21,23)/t14-/m1/s1. The summed E-state index contributed by atoms with van der Waals surface area (Å²) in [4.78, 5) is 23.2. The lowest BCUT2D eigenvalue weighted by molar-refractivity contribution is -0.385. The van der Waals surface area contributed by atoms with Crippen LogP contribution in [0.3, 0.4) is 0 Å². The molecule has 1 N–H and O–H groups in total. The topological polar surface area (TPSA) is 90.7 Å². The lowest BCUT2D eigenvalue weighted by Gasteiger charge is -2.18. The van der Waals surface area contributed by atoms with Gasteiger partial charge >= 0.3 is 0 Å². The van der Waals surface area contributed by atoms with Crippen molar-refractivity contribution in [2.45, 2.75) is 33.7 Å². The summed E-state index contributed by atoms with van der Waals surface area (Å²) >= 11 is 0. The summed E-state index contributed by atoms with van der Waals surface area (Å²) in [5.74, 6) is 0.899. The molecule has 0 aromatic heterocycles. The first-order valence-corrected chi connectivity index (χ1v) is 8.83. The third-order valence-electron chi connectivity index (χ3n) is 4.16. The van der Waals surface area contributed by atoms with Crippen molar-refractivity contribution in [2.24, 2.45) is 0 Å². The molecule has 7 nitrogen and oxygen atoms in total. The van der Waals surface area contributed by atoms with Crippen LogP contribution in [0.15, 0.2) is 36.4 Å². The van der Waals surface area contributed by atoms with E-state index < -0.39 is 4.92 Å². The molecule has 0 unspecified atom stereocenters. The van der Waals surface area contributed by atoms with Crippen LogP contribution < -0.4 is 14.8 Å². The van der Waals surface area contributed by atoms with E-state index >= 15 is 0 Å². The van der Waals surface area contributed by atoms with Gasteiger partial charge in [0.2, 0.25) is 0 Å². The zero-order valence-corrected chi connectivity index (χ0v) is 15.9. The fourth-order valence-electron chi connectivity index (χ4n) is 2.76. The van der Waals surface area contributed by atoms with Gasteiger partial charge in [-0.3, -0.25) is 14.9 Å². The number of carbonyl (C=O) groups excluding carboxylic acids is 1. The summed E-state index contributed by atoms with van der Waals surface area (Å²) in [5, 5.41) is 14.0. The molecule has 0 aliphatic heterocycles. The van der Waals surface area contributed by atoms with Gasteiger partial charge in [0.25, 0.3) is 11.6 Å². The zero-order valence-electron chi connectivity index (χ0n) is 15.9. The normalized spacial score (nSPS) is 11.6. The molecule has 0 bridgehead atoms. The molecule has 0 heterocycles.